The topological polar surface area (TPSA) is 57.8 Å². The molecular formula is C16H17N3O. The normalized spacial score (nSPS) is 26.6. The summed E-state index contributed by atoms with van der Waals surface area (Å²) in [6, 6.07) is 10.4. The zero-order valence-corrected chi connectivity index (χ0v) is 11.4. The maximum absolute atomic E-state index is 12.4. The van der Waals surface area contributed by atoms with Crippen LogP contribution in [0.5, 0.6) is 0 Å². The number of aromatic nitrogens is 2. The molecule has 2 aliphatic carbocycles. The molecule has 0 bridgehead atoms. The Morgan fingerprint density at radius 1 is 1.40 bits per heavy atom. The van der Waals surface area contributed by atoms with Crippen molar-refractivity contribution in [2.75, 3.05) is 5.32 Å². The molecule has 1 fully saturated rings. The Morgan fingerprint density at radius 3 is 3.05 bits per heavy atom. The van der Waals surface area contributed by atoms with Crippen LogP contribution < -0.4 is 5.32 Å². The van der Waals surface area contributed by atoms with Crippen LogP contribution in [0.2, 0.25) is 0 Å². The molecule has 2 N–H and O–H groups in total. The van der Waals surface area contributed by atoms with Gasteiger partial charge in [0.1, 0.15) is 0 Å². The number of H-pyrrole nitrogens is 1. The van der Waals surface area contributed by atoms with Crippen molar-refractivity contribution in [1.29, 1.82) is 0 Å². The van der Waals surface area contributed by atoms with E-state index in [1.54, 1.807) is 0 Å². The summed E-state index contributed by atoms with van der Waals surface area (Å²) in [7, 11) is 0. The lowest BCUT2D eigenvalue weighted by Gasteiger charge is -2.13. The fourth-order valence-corrected chi connectivity index (χ4v) is 3.62. The van der Waals surface area contributed by atoms with E-state index in [2.05, 4.69) is 39.8 Å². The van der Waals surface area contributed by atoms with E-state index in [1.165, 1.54) is 11.1 Å². The second-order valence-corrected chi connectivity index (χ2v) is 5.88. The first-order valence-corrected chi connectivity index (χ1v) is 7.15. The first-order valence-electron chi connectivity index (χ1n) is 7.15. The molecule has 1 heterocycles. The van der Waals surface area contributed by atoms with Gasteiger partial charge < -0.3 is 5.32 Å². The van der Waals surface area contributed by atoms with Gasteiger partial charge in [0, 0.05) is 17.7 Å². The number of anilines is 1. The van der Waals surface area contributed by atoms with Gasteiger partial charge in [0.05, 0.1) is 0 Å². The van der Waals surface area contributed by atoms with Crippen molar-refractivity contribution in [3.05, 3.63) is 47.2 Å². The van der Waals surface area contributed by atoms with Crippen LogP contribution in [0.3, 0.4) is 0 Å². The second-order valence-electron chi connectivity index (χ2n) is 5.88. The van der Waals surface area contributed by atoms with Crippen LogP contribution in [0.15, 0.2) is 30.3 Å². The van der Waals surface area contributed by atoms with E-state index in [4.69, 9.17) is 0 Å². The van der Waals surface area contributed by atoms with Crippen LogP contribution in [-0.2, 0) is 11.2 Å². The molecule has 4 nitrogen and oxygen atoms in total. The molecule has 3 unspecified atom stereocenters. The monoisotopic (exact) mass is 267 g/mol. The minimum absolute atomic E-state index is 0.114. The molecule has 0 radical (unpaired) electrons. The summed E-state index contributed by atoms with van der Waals surface area (Å²) < 4.78 is 0. The maximum Gasteiger partial charge on any atom is 0.229 e. The van der Waals surface area contributed by atoms with Gasteiger partial charge in [-0.1, -0.05) is 24.3 Å². The summed E-state index contributed by atoms with van der Waals surface area (Å²) in [6.45, 7) is 1.93. The molecule has 0 spiro atoms. The zero-order valence-electron chi connectivity index (χ0n) is 11.4. The van der Waals surface area contributed by atoms with Crippen LogP contribution >= 0.6 is 0 Å². The summed E-state index contributed by atoms with van der Waals surface area (Å²) in [5.41, 5.74) is 3.75. The van der Waals surface area contributed by atoms with Gasteiger partial charge in [-0.3, -0.25) is 9.89 Å². The van der Waals surface area contributed by atoms with Crippen LogP contribution in [0, 0.1) is 18.8 Å². The molecule has 1 amide bonds. The third-order valence-corrected chi connectivity index (χ3v) is 4.59. The molecule has 1 aromatic heterocycles. The number of hydrogen-bond acceptors (Lipinski definition) is 2. The summed E-state index contributed by atoms with van der Waals surface area (Å²) in [5, 5.41) is 9.85. The second kappa shape index (κ2) is 4.20. The average molecular weight is 267 g/mol. The summed E-state index contributed by atoms with van der Waals surface area (Å²) >= 11 is 0. The van der Waals surface area contributed by atoms with Crippen molar-refractivity contribution in [2.24, 2.45) is 11.8 Å². The van der Waals surface area contributed by atoms with Crippen molar-refractivity contribution in [3.8, 4) is 0 Å². The predicted octanol–water partition coefficient (Wildman–Crippen LogP) is 2.63. The van der Waals surface area contributed by atoms with Gasteiger partial charge in [-0.25, -0.2) is 0 Å². The van der Waals surface area contributed by atoms with Gasteiger partial charge >= 0.3 is 0 Å². The quantitative estimate of drug-likeness (QED) is 0.878. The van der Waals surface area contributed by atoms with E-state index in [-0.39, 0.29) is 11.8 Å². The molecule has 3 atom stereocenters. The average Bonchev–Trinajstić information content (AvgIpc) is 3.08. The van der Waals surface area contributed by atoms with Crippen LogP contribution in [0.4, 0.5) is 5.82 Å². The molecule has 2 aliphatic rings. The molecule has 0 aliphatic heterocycles. The van der Waals surface area contributed by atoms with E-state index >= 15 is 0 Å². The highest BCUT2D eigenvalue weighted by Crippen LogP contribution is 2.60. The number of nitrogens with one attached hydrogen (secondary N) is 2. The van der Waals surface area contributed by atoms with E-state index < -0.39 is 0 Å². The fourth-order valence-electron chi connectivity index (χ4n) is 3.62. The molecule has 4 heteroatoms. The summed E-state index contributed by atoms with van der Waals surface area (Å²) in [6.07, 6.45) is 2.22. The number of aromatic amines is 1. The first-order chi connectivity index (χ1) is 9.74. The standard InChI is InChI=1S/C16H17N3O/c1-9-8-13(19-18-9)17-16(20)15-12-7-6-10-4-2-3-5-11(10)14(12)15/h2-5,8,12,14-15H,6-7H2,1H3,(H2,17,18,19,20). The number of amides is 1. The Morgan fingerprint density at radius 2 is 2.25 bits per heavy atom. The highest BCUT2D eigenvalue weighted by atomic mass is 16.2. The van der Waals surface area contributed by atoms with Gasteiger partial charge in [0.15, 0.2) is 5.82 Å². The Hall–Kier alpha value is -2.10. The lowest BCUT2D eigenvalue weighted by atomic mass is 9.92. The molecule has 102 valence electrons. The van der Waals surface area contributed by atoms with Gasteiger partial charge in [0.2, 0.25) is 5.91 Å². The molecular weight excluding hydrogens is 250 g/mol. The third-order valence-electron chi connectivity index (χ3n) is 4.59. The van der Waals surface area contributed by atoms with Crippen LogP contribution in [0.25, 0.3) is 0 Å². The SMILES string of the molecule is Cc1cc(NC(=O)C2C3CCc4ccccc4C32)n[nH]1. The van der Waals surface area contributed by atoms with E-state index in [0.29, 0.717) is 17.7 Å². The number of carbonyl (C=O) groups excluding carboxylic acids is 1. The smallest absolute Gasteiger partial charge is 0.229 e. The lowest BCUT2D eigenvalue weighted by molar-refractivity contribution is -0.117. The Labute approximate surface area is 117 Å². The van der Waals surface area contributed by atoms with Gasteiger partial charge in [-0.2, -0.15) is 5.10 Å². The highest BCUT2D eigenvalue weighted by molar-refractivity contribution is 5.95. The van der Waals surface area contributed by atoms with E-state index in [1.807, 2.05) is 13.0 Å². The highest BCUT2D eigenvalue weighted by Gasteiger charge is 2.56. The van der Waals surface area contributed by atoms with Crippen LogP contribution in [-0.4, -0.2) is 16.1 Å². The largest absolute Gasteiger partial charge is 0.309 e. The van der Waals surface area contributed by atoms with Crippen molar-refractivity contribution in [2.45, 2.75) is 25.7 Å². The fraction of sp³-hybridized carbons (Fsp3) is 0.375. The van der Waals surface area contributed by atoms with Crippen molar-refractivity contribution in [3.63, 3.8) is 0 Å². The molecule has 2 aromatic rings. The third kappa shape index (κ3) is 1.75. The molecule has 1 aromatic carbocycles. The number of nitrogens with zero attached hydrogens (tertiary/aromatic N) is 1. The zero-order chi connectivity index (χ0) is 13.7. The summed E-state index contributed by atoms with van der Waals surface area (Å²) in [4.78, 5) is 12.4. The Bertz CT molecular complexity index is 676. The predicted molar refractivity (Wildman–Crippen MR) is 76.4 cm³/mol. The number of rotatable bonds is 2. The van der Waals surface area contributed by atoms with E-state index in [9.17, 15) is 4.79 Å². The van der Waals surface area contributed by atoms with Crippen molar-refractivity contribution >= 4 is 11.7 Å². The van der Waals surface area contributed by atoms with E-state index in [0.717, 1.165) is 18.5 Å². The summed E-state index contributed by atoms with van der Waals surface area (Å²) in [5.74, 6) is 1.80. The number of hydrogen-bond donors (Lipinski definition) is 2. The van der Waals surface area contributed by atoms with Gasteiger partial charge in [0.25, 0.3) is 0 Å². The number of fused-ring (bicyclic) bond motifs is 3. The number of aryl methyl sites for hydroxylation is 2. The van der Waals surface area contributed by atoms with Crippen molar-refractivity contribution in [1.82, 2.24) is 10.2 Å². The molecule has 1 saturated carbocycles. The minimum atomic E-state index is 0.114. The van der Waals surface area contributed by atoms with Crippen molar-refractivity contribution < 1.29 is 4.79 Å². The lowest BCUT2D eigenvalue weighted by Crippen LogP contribution is -2.15. The van der Waals surface area contributed by atoms with Gasteiger partial charge in [-0.15, -0.1) is 0 Å². The Balaban J connectivity index is 1.53. The first kappa shape index (κ1) is 11.7. The molecule has 20 heavy (non-hydrogen) atoms. The van der Waals surface area contributed by atoms with Gasteiger partial charge in [-0.05, 0) is 42.7 Å². The maximum atomic E-state index is 12.4. The minimum Gasteiger partial charge on any atom is -0.309 e. The number of benzene rings is 1. The molecule has 4 rings (SSSR count). The Kier molecular flexibility index (Phi) is 2.46. The van der Waals surface area contributed by atoms with Crippen LogP contribution in [0.1, 0.15) is 29.2 Å². The molecule has 0 saturated heterocycles. The number of carbonyl (C=O) groups is 1.